The zero-order valence-electron chi connectivity index (χ0n) is 13.2. The number of halogens is 3. The summed E-state index contributed by atoms with van der Waals surface area (Å²) >= 11 is 1.05. The maximum absolute atomic E-state index is 13.8. The number of benzene rings is 1. The largest absolute Gasteiger partial charge is 0.439 e. The number of hydrogen-bond acceptors (Lipinski definition) is 5. The van der Waals surface area contributed by atoms with E-state index in [0.29, 0.717) is 29.3 Å². The van der Waals surface area contributed by atoms with Crippen LogP contribution in [-0.4, -0.2) is 27.7 Å². The third kappa shape index (κ3) is 2.55. The molecule has 25 heavy (non-hydrogen) atoms. The molecule has 132 valence electrons. The fraction of sp³-hybridized carbons (Fsp3) is 0.412. The molecule has 0 saturated heterocycles. The lowest BCUT2D eigenvalue weighted by Crippen LogP contribution is -2.60. The molecule has 2 aromatic rings. The number of anilines is 1. The van der Waals surface area contributed by atoms with Gasteiger partial charge >= 0.3 is 6.18 Å². The fourth-order valence-corrected chi connectivity index (χ4v) is 4.35. The van der Waals surface area contributed by atoms with Gasteiger partial charge in [0, 0.05) is 16.7 Å². The molecule has 2 heterocycles. The van der Waals surface area contributed by atoms with Crippen LogP contribution >= 0.6 is 11.3 Å². The highest BCUT2D eigenvalue weighted by atomic mass is 32.1. The molecule has 8 heteroatoms. The third-order valence-corrected chi connectivity index (χ3v) is 5.59. The van der Waals surface area contributed by atoms with Crippen LogP contribution in [0.25, 0.3) is 11.3 Å². The zero-order valence-corrected chi connectivity index (χ0v) is 14.0. The Hall–Kier alpha value is -1.93. The lowest BCUT2D eigenvalue weighted by atomic mass is 9.80. The Labute approximate surface area is 146 Å². The van der Waals surface area contributed by atoms with E-state index in [9.17, 15) is 18.3 Å². The quantitative estimate of drug-likeness (QED) is 0.854. The molecular weight excluding hydrogens is 351 g/mol. The average molecular weight is 367 g/mol. The summed E-state index contributed by atoms with van der Waals surface area (Å²) in [6.07, 6.45) is -2.61. The first-order chi connectivity index (χ1) is 11.9. The Morgan fingerprint density at radius 1 is 1.20 bits per heavy atom. The monoisotopic (exact) mass is 367 g/mol. The van der Waals surface area contributed by atoms with Crippen LogP contribution in [-0.2, 0) is 0 Å². The molecular formula is C17H16F3N3OS. The second kappa shape index (κ2) is 5.81. The standard InChI is InChI=1S/C17H16F3N3OS/c18-17(19,20)16(24)12-8-4-5-9-13(12)22-23(16)15-21-14(10-25-15)11-6-2-1-3-7-11/h1-3,6-7,10,12,24H,4-5,8-9H2/t12-,16-/m1/s1. The molecule has 1 aromatic carbocycles. The summed E-state index contributed by atoms with van der Waals surface area (Å²) in [4.78, 5) is 4.31. The van der Waals surface area contributed by atoms with Gasteiger partial charge in [0.1, 0.15) is 0 Å². The van der Waals surface area contributed by atoms with E-state index in [4.69, 9.17) is 0 Å². The Morgan fingerprint density at radius 2 is 1.96 bits per heavy atom. The molecule has 4 nitrogen and oxygen atoms in total. The van der Waals surface area contributed by atoms with E-state index in [1.165, 1.54) is 0 Å². The van der Waals surface area contributed by atoms with Crippen LogP contribution in [0.1, 0.15) is 25.7 Å². The van der Waals surface area contributed by atoms with Crippen molar-refractivity contribution in [1.29, 1.82) is 0 Å². The van der Waals surface area contributed by atoms with E-state index in [1.54, 1.807) is 5.38 Å². The summed E-state index contributed by atoms with van der Waals surface area (Å²) in [6, 6.07) is 9.21. The molecule has 1 fully saturated rings. The number of fused-ring (bicyclic) bond motifs is 1. The number of aliphatic hydroxyl groups is 1. The molecule has 1 aromatic heterocycles. The van der Waals surface area contributed by atoms with Gasteiger partial charge in [0.2, 0.25) is 5.13 Å². The highest BCUT2D eigenvalue weighted by Gasteiger charge is 2.67. The second-order valence-corrected chi connectivity index (χ2v) is 7.14. The zero-order chi connectivity index (χ0) is 17.7. The van der Waals surface area contributed by atoms with Crippen molar-refractivity contribution in [3.63, 3.8) is 0 Å². The van der Waals surface area contributed by atoms with Crippen molar-refractivity contribution in [1.82, 2.24) is 4.98 Å². The van der Waals surface area contributed by atoms with E-state index in [2.05, 4.69) is 10.1 Å². The van der Waals surface area contributed by atoms with E-state index in [-0.39, 0.29) is 11.6 Å². The van der Waals surface area contributed by atoms with Gasteiger partial charge in [-0.1, -0.05) is 36.8 Å². The number of alkyl halides is 3. The first kappa shape index (κ1) is 16.5. The minimum atomic E-state index is -4.82. The Bertz CT molecular complexity index is 805. The molecule has 0 spiro atoms. The van der Waals surface area contributed by atoms with E-state index in [0.717, 1.165) is 23.3 Å². The molecule has 0 amide bonds. The van der Waals surface area contributed by atoms with Gasteiger partial charge in [-0.05, 0) is 19.3 Å². The summed E-state index contributed by atoms with van der Waals surface area (Å²) in [5.41, 5.74) is -1.22. The lowest BCUT2D eigenvalue weighted by Gasteiger charge is -2.38. The molecule has 0 unspecified atom stereocenters. The van der Waals surface area contributed by atoms with Crippen LogP contribution in [0, 0.1) is 5.92 Å². The van der Waals surface area contributed by atoms with Crippen LogP contribution < -0.4 is 5.01 Å². The SMILES string of the molecule is O[C@@]1(C(F)(F)F)[C@@H]2CCCCC2=NN1c1nc(-c2ccccc2)cs1. The lowest BCUT2D eigenvalue weighted by molar-refractivity contribution is -0.269. The van der Waals surface area contributed by atoms with Crippen molar-refractivity contribution in [2.75, 3.05) is 5.01 Å². The van der Waals surface area contributed by atoms with Gasteiger partial charge in [-0.15, -0.1) is 11.3 Å². The van der Waals surface area contributed by atoms with Gasteiger partial charge in [0.25, 0.3) is 5.72 Å². The number of hydrazone groups is 1. The minimum absolute atomic E-state index is 0.0561. The molecule has 0 bridgehead atoms. The van der Waals surface area contributed by atoms with Crippen molar-refractivity contribution in [2.24, 2.45) is 11.0 Å². The van der Waals surface area contributed by atoms with E-state index >= 15 is 0 Å². The van der Waals surface area contributed by atoms with Crippen molar-refractivity contribution in [2.45, 2.75) is 37.6 Å². The fourth-order valence-electron chi connectivity index (χ4n) is 3.51. The van der Waals surface area contributed by atoms with Gasteiger partial charge in [-0.2, -0.15) is 23.3 Å². The van der Waals surface area contributed by atoms with Gasteiger partial charge in [0.15, 0.2) is 0 Å². The van der Waals surface area contributed by atoms with Crippen LogP contribution in [0.5, 0.6) is 0 Å². The molecule has 1 N–H and O–H groups in total. The highest BCUT2D eigenvalue weighted by molar-refractivity contribution is 7.14. The molecule has 2 aliphatic rings. The van der Waals surface area contributed by atoms with Gasteiger partial charge in [0.05, 0.1) is 11.6 Å². The van der Waals surface area contributed by atoms with Gasteiger partial charge in [-0.3, -0.25) is 0 Å². The van der Waals surface area contributed by atoms with Gasteiger partial charge in [-0.25, -0.2) is 4.98 Å². The van der Waals surface area contributed by atoms with E-state index in [1.807, 2.05) is 30.3 Å². The summed E-state index contributed by atoms with van der Waals surface area (Å²) in [7, 11) is 0. The van der Waals surface area contributed by atoms with Crippen molar-refractivity contribution < 1.29 is 18.3 Å². The average Bonchev–Trinajstić information content (AvgIpc) is 3.19. The molecule has 4 rings (SSSR count). The predicted octanol–water partition coefficient (Wildman–Crippen LogP) is 4.43. The molecule has 0 radical (unpaired) electrons. The summed E-state index contributed by atoms with van der Waals surface area (Å²) < 4.78 is 41.4. The number of hydrogen-bond donors (Lipinski definition) is 1. The number of nitrogens with zero attached hydrogens (tertiary/aromatic N) is 3. The molecule has 1 saturated carbocycles. The topological polar surface area (TPSA) is 48.7 Å². The highest BCUT2D eigenvalue weighted by Crippen LogP contribution is 2.50. The third-order valence-electron chi connectivity index (χ3n) is 4.78. The smallest absolute Gasteiger partial charge is 0.362 e. The summed E-state index contributed by atoms with van der Waals surface area (Å²) in [6.45, 7) is 0. The second-order valence-electron chi connectivity index (χ2n) is 6.31. The van der Waals surface area contributed by atoms with Crippen molar-refractivity contribution >= 4 is 22.2 Å². The van der Waals surface area contributed by atoms with Crippen LogP contribution in [0.15, 0.2) is 40.8 Å². The summed E-state index contributed by atoms with van der Waals surface area (Å²) in [5, 5.41) is 17.2. The number of rotatable bonds is 2. The Kier molecular flexibility index (Phi) is 3.84. The van der Waals surface area contributed by atoms with Gasteiger partial charge < -0.3 is 5.11 Å². The van der Waals surface area contributed by atoms with Crippen molar-refractivity contribution in [3.8, 4) is 11.3 Å². The number of aromatic nitrogens is 1. The number of thiazole rings is 1. The molecule has 2 atom stereocenters. The van der Waals surface area contributed by atoms with E-state index < -0.39 is 17.8 Å². The molecule has 1 aliphatic heterocycles. The maximum atomic E-state index is 13.8. The first-order valence-corrected chi connectivity index (χ1v) is 8.97. The van der Waals surface area contributed by atoms with Crippen LogP contribution in [0.2, 0.25) is 0 Å². The first-order valence-electron chi connectivity index (χ1n) is 8.09. The Morgan fingerprint density at radius 3 is 2.68 bits per heavy atom. The summed E-state index contributed by atoms with van der Waals surface area (Å²) in [5.74, 6) is -1.02. The predicted molar refractivity (Wildman–Crippen MR) is 90.4 cm³/mol. The molecule has 1 aliphatic carbocycles. The van der Waals surface area contributed by atoms with Crippen molar-refractivity contribution in [3.05, 3.63) is 35.7 Å². The minimum Gasteiger partial charge on any atom is -0.362 e. The van der Waals surface area contributed by atoms with Crippen LogP contribution in [0.4, 0.5) is 18.3 Å². The Balaban J connectivity index is 1.75. The van der Waals surface area contributed by atoms with Crippen LogP contribution in [0.3, 0.4) is 0 Å². The normalized spacial score (nSPS) is 26.5. The maximum Gasteiger partial charge on any atom is 0.439 e.